The monoisotopic (exact) mass is 486 g/mol. The Bertz CT molecular complexity index is 937. The molecule has 7 heteroatoms. The number of rotatable bonds is 10. The highest BCUT2D eigenvalue weighted by atomic mass is 32.2. The van der Waals surface area contributed by atoms with Gasteiger partial charge in [0.15, 0.2) is 16.4 Å². The summed E-state index contributed by atoms with van der Waals surface area (Å²) in [4.78, 5) is -0.633. The Morgan fingerprint density at radius 3 is 1.73 bits per heavy atom. The molecular formula is C26H46O6S. The molecule has 192 valence electrons. The molecule has 0 bridgehead atoms. The number of aromatic hydroxyl groups is 1. The number of phenols is 1. The van der Waals surface area contributed by atoms with Crippen LogP contribution in [0.5, 0.6) is 17.2 Å². The summed E-state index contributed by atoms with van der Waals surface area (Å²) >= 11 is 0. The Morgan fingerprint density at radius 1 is 0.909 bits per heavy atom. The van der Waals surface area contributed by atoms with Gasteiger partial charge in [0.05, 0.1) is 14.2 Å². The molecule has 1 rings (SSSR count). The number of hydrogen-bond acceptors (Lipinski definition) is 5. The number of benzene rings is 1. The van der Waals surface area contributed by atoms with Crippen LogP contribution in [-0.2, 0) is 16.5 Å². The summed E-state index contributed by atoms with van der Waals surface area (Å²) in [5, 5.41) is 10.8. The van der Waals surface area contributed by atoms with Gasteiger partial charge >= 0.3 is 10.1 Å². The number of methoxy groups -OCH3 is 2. The van der Waals surface area contributed by atoms with Gasteiger partial charge in [0.2, 0.25) is 0 Å². The summed E-state index contributed by atoms with van der Waals surface area (Å²) in [5.41, 5.74) is 0.845. The summed E-state index contributed by atoms with van der Waals surface area (Å²) in [6, 6.07) is 0. The zero-order valence-electron chi connectivity index (χ0n) is 22.7. The van der Waals surface area contributed by atoms with Crippen LogP contribution in [0.25, 0.3) is 0 Å². The van der Waals surface area contributed by atoms with Gasteiger partial charge in [-0.05, 0) is 47.3 Å². The van der Waals surface area contributed by atoms with Crippen molar-refractivity contribution >= 4 is 10.1 Å². The third kappa shape index (κ3) is 6.56. The summed E-state index contributed by atoms with van der Waals surface area (Å²) < 4.78 is 46.2. The molecule has 0 amide bonds. The molecular weight excluding hydrogens is 440 g/mol. The minimum absolute atomic E-state index is 0.00327. The van der Waals surface area contributed by atoms with Crippen LogP contribution in [-0.4, -0.2) is 32.3 Å². The van der Waals surface area contributed by atoms with E-state index in [1.165, 1.54) is 14.2 Å². The van der Waals surface area contributed by atoms with Gasteiger partial charge in [-0.25, -0.2) is 0 Å². The predicted octanol–water partition coefficient (Wildman–Crippen LogP) is 6.84. The van der Waals surface area contributed by atoms with Crippen LogP contribution in [0.3, 0.4) is 0 Å². The van der Waals surface area contributed by atoms with Crippen LogP contribution in [0.1, 0.15) is 99.1 Å². The highest BCUT2D eigenvalue weighted by Crippen LogP contribution is 2.60. The molecule has 0 spiro atoms. The largest absolute Gasteiger partial charge is 0.503 e. The van der Waals surface area contributed by atoms with E-state index in [9.17, 15) is 18.1 Å². The molecule has 1 aromatic carbocycles. The molecule has 1 aromatic rings. The Morgan fingerprint density at radius 2 is 1.39 bits per heavy atom. The van der Waals surface area contributed by atoms with Gasteiger partial charge in [0.25, 0.3) is 0 Å². The van der Waals surface area contributed by atoms with Gasteiger partial charge in [0.1, 0.15) is 5.75 Å². The molecule has 0 heterocycles. The Labute approximate surface area is 201 Å². The fourth-order valence-corrected chi connectivity index (χ4v) is 7.30. The van der Waals surface area contributed by atoms with E-state index in [0.29, 0.717) is 23.5 Å². The standard InChI is InChI=1S/C26H46O6S/c1-13-17-18(21(32-12)22(33(28,29)30)19(27)20(17)31-11)23(25(7,8)14-16(2)3)26(9,10)15-24(4,5)6/h16,23,27H,13-15H2,1-12H3,(H,28,29,30). The topological polar surface area (TPSA) is 93.1 Å². The van der Waals surface area contributed by atoms with Gasteiger partial charge in [0, 0.05) is 11.1 Å². The van der Waals surface area contributed by atoms with Crippen molar-refractivity contribution in [3.63, 3.8) is 0 Å². The molecule has 0 aliphatic rings. The van der Waals surface area contributed by atoms with Crippen molar-refractivity contribution in [2.45, 2.75) is 99.3 Å². The Hall–Kier alpha value is -1.47. The number of hydrogen-bond donors (Lipinski definition) is 2. The fourth-order valence-electron chi connectivity index (χ4n) is 6.53. The zero-order valence-corrected chi connectivity index (χ0v) is 23.5. The van der Waals surface area contributed by atoms with Gasteiger partial charge in [-0.3, -0.25) is 4.55 Å². The van der Waals surface area contributed by atoms with E-state index < -0.39 is 20.8 Å². The summed E-state index contributed by atoms with van der Waals surface area (Å²) in [6.45, 7) is 21.7. The maximum Gasteiger partial charge on any atom is 0.302 e. The third-order valence-electron chi connectivity index (χ3n) is 6.27. The lowest BCUT2D eigenvalue weighted by molar-refractivity contribution is 0.0761. The van der Waals surface area contributed by atoms with E-state index in [1.54, 1.807) is 0 Å². The molecule has 0 aliphatic carbocycles. The highest BCUT2D eigenvalue weighted by Gasteiger charge is 2.47. The number of ether oxygens (including phenoxy) is 2. The third-order valence-corrected chi connectivity index (χ3v) is 7.17. The maximum absolute atomic E-state index is 12.4. The minimum Gasteiger partial charge on any atom is -0.503 e. The van der Waals surface area contributed by atoms with E-state index in [0.717, 1.165) is 12.8 Å². The van der Waals surface area contributed by atoms with E-state index >= 15 is 0 Å². The molecule has 0 aliphatic heterocycles. The molecule has 33 heavy (non-hydrogen) atoms. The predicted molar refractivity (Wildman–Crippen MR) is 134 cm³/mol. The maximum atomic E-state index is 12.4. The van der Waals surface area contributed by atoms with E-state index in [4.69, 9.17) is 9.47 Å². The average Bonchev–Trinajstić information content (AvgIpc) is 2.56. The number of phenolic OH excluding ortho intramolecular Hbond substituents is 1. The highest BCUT2D eigenvalue weighted by molar-refractivity contribution is 7.86. The van der Waals surface area contributed by atoms with E-state index in [-0.39, 0.29) is 33.7 Å². The Kier molecular flexibility index (Phi) is 8.98. The van der Waals surface area contributed by atoms with Gasteiger partial charge < -0.3 is 14.6 Å². The van der Waals surface area contributed by atoms with Crippen LogP contribution in [0.2, 0.25) is 0 Å². The minimum atomic E-state index is -4.79. The van der Waals surface area contributed by atoms with Crippen LogP contribution < -0.4 is 9.47 Å². The first-order valence-electron chi connectivity index (χ1n) is 11.7. The zero-order chi connectivity index (χ0) is 26.2. The van der Waals surface area contributed by atoms with Crippen LogP contribution in [0.15, 0.2) is 4.90 Å². The van der Waals surface area contributed by atoms with Crippen molar-refractivity contribution in [2.24, 2.45) is 22.2 Å². The first kappa shape index (κ1) is 29.6. The lowest BCUT2D eigenvalue weighted by Crippen LogP contribution is -2.38. The molecule has 1 unspecified atom stereocenters. The van der Waals surface area contributed by atoms with Gasteiger partial charge in [-0.1, -0.05) is 69.2 Å². The van der Waals surface area contributed by atoms with Crippen molar-refractivity contribution in [1.82, 2.24) is 0 Å². The van der Waals surface area contributed by atoms with Crippen molar-refractivity contribution in [1.29, 1.82) is 0 Å². The molecule has 0 saturated carbocycles. The SMILES string of the molecule is CCc1c(OC)c(O)c(S(=O)(=O)O)c(OC)c1C(C(C)(C)CC(C)C)C(C)(C)CC(C)(C)C. The second-order valence-corrected chi connectivity index (χ2v) is 13.6. The summed E-state index contributed by atoms with van der Waals surface area (Å²) in [7, 11) is -2.02. The molecule has 0 aromatic heterocycles. The first-order valence-corrected chi connectivity index (χ1v) is 13.2. The second-order valence-electron chi connectivity index (χ2n) is 12.2. The van der Waals surface area contributed by atoms with Crippen LogP contribution in [0.4, 0.5) is 0 Å². The fraction of sp³-hybridized carbons (Fsp3) is 0.769. The average molecular weight is 487 g/mol. The molecule has 0 saturated heterocycles. The molecule has 6 nitrogen and oxygen atoms in total. The second kappa shape index (κ2) is 10.0. The summed E-state index contributed by atoms with van der Waals surface area (Å²) in [5.74, 6) is -0.309. The molecule has 0 radical (unpaired) electrons. The Balaban J connectivity index is 4.33. The smallest absolute Gasteiger partial charge is 0.302 e. The van der Waals surface area contributed by atoms with Crippen molar-refractivity contribution in [2.75, 3.05) is 14.2 Å². The van der Waals surface area contributed by atoms with Crippen molar-refractivity contribution in [3.05, 3.63) is 11.1 Å². The lowest BCUT2D eigenvalue weighted by atomic mass is 9.55. The molecule has 1 atom stereocenters. The lowest BCUT2D eigenvalue weighted by Gasteiger charge is -2.49. The normalized spacial score (nSPS) is 14.5. The first-order chi connectivity index (χ1) is 14.7. The quantitative estimate of drug-likeness (QED) is 0.352. The molecule has 2 N–H and O–H groups in total. The van der Waals surface area contributed by atoms with Crippen LogP contribution >= 0.6 is 0 Å². The summed E-state index contributed by atoms with van der Waals surface area (Å²) in [6.07, 6.45) is 2.25. The van der Waals surface area contributed by atoms with Gasteiger partial charge in [-0.2, -0.15) is 8.42 Å². The van der Waals surface area contributed by atoms with Crippen LogP contribution in [0, 0.1) is 22.2 Å². The van der Waals surface area contributed by atoms with Crippen molar-refractivity contribution < 1.29 is 27.6 Å². The van der Waals surface area contributed by atoms with E-state index in [2.05, 4.69) is 62.3 Å². The van der Waals surface area contributed by atoms with Gasteiger partial charge in [-0.15, -0.1) is 0 Å². The van der Waals surface area contributed by atoms with E-state index in [1.807, 2.05) is 6.92 Å². The molecule has 0 fully saturated rings. The van der Waals surface area contributed by atoms with Crippen molar-refractivity contribution in [3.8, 4) is 17.2 Å².